The number of nitrogens with zero attached hydrogens (tertiary/aromatic N) is 4. The van der Waals surface area contributed by atoms with Gasteiger partial charge in [0.05, 0.1) is 29.8 Å². The molecular formula is C17H17N5O4S. The predicted molar refractivity (Wildman–Crippen MR) is 96.4 cm³/mol. The second kappa shape index (κ2) is 7.54. The lowest BCUT2D eigenvalue weighted by molar-refractivity contribution is 0.0946. The van der Waals surface area contributed by atoms with E-state index in [0.29, 0.717) is 17.3 Å². The van der Waals surface area contributed by atoms with Gasteiger partial charge in [-0.3, -0.25) is 4.79 Å². The maximum Gasteiger partial charge on any atom is 0.252 e. The van der Waals surface area contributed by atoms with Crippen LogP contribution in [0.5, 0.6) is 5.75 Å². The lowest BCUT2D eigenvalue weighted by Gasteiger charge is -2.09. The van der Waals surface area contributed by atoms with Crippen LogP contribution in [0.25, 0.3) is 5.69 Å². The van der Waals surface area contributed by atoms with Crippen LogP contribution in [-0.4, -0.2) is 47.9 Å². The van der Waals surface area contributed by atoms with E-state index in [1.165, 1.54) is 16.8 Å². The zero-order chi connectivity index (χ0) is 19.4. The van der Waals surface area contributed by atoms with Crippen molar-refractivity contribution >= 4 is 15.7 Å². The summed E-state index contributed by atoms with van der Waals surface area (Å²) in [4.78, 5) is 12.4. The van der Waals surface area contributed by atoms with Crippen LogP contribution in [0.15, 0.2) is 53.4 Å². The van der Waals surface area contributed by atoms with E-state index in [2.05, 4.69) is 20.8 Å². The molecule has 9 nitrogen and oxygen atoms in total. The number of nitrogens with one attached hydrogen (secondary N) is 1. The Kier molecular flexibility index (Phi) is 5.17. The third kappa shape index (κ3) is 4.11. The van der Waals surface area contributed by atoms with Crippen LogP contribution in [0, 0.1) is 0 Å². The number of amides is 1. The maximum absolute atomic E-state index is 12.5. The van der Waals surface area contributed by atoms with E-state index in [4.69, 9.17) is 4.74 Å². The molecule has 0 atom stereocenters. The molecule has 1 amide bonds. The summed E-state index contributed by atoms with van der Waals surface area (Å²) in [7, 11) is -1.96. The van der Waals surface area contributed by atoms with E-state index in [-0.39, 0.29) is 17.0 Å². The summed E-state index contributed by atoms with van der Waals surface area (Å²) in [6.07, 6.45) is 1.06. The zero-order valence-corrected chi connectivity index (χ0v) is 15.5. The number of benzene rings is 2. The van der Waals surface area contributed by atoms with E-state index in [1.807, 2.05) is 0 Å². The summed E-state index contributed by atoms with van der Waals surface area (Å²) < 4.78 is 30.3. The van der Waals surface area contributed by atoms with E-state index in [1.54, 1.807) is 43.5 Å². The zero-order valence-electron chi connectivity index (χ0n) is 14.7. The molecular weight excluding hydrogens is 370 g/mol. The molecule has 0 aliphatic heterocycles. The number of tetrazole rings is 1. The van der Waals surface area contributed by atoms with Crippen molar-refractivity contribution in [3.05, 3.63) is 59.9 Å². The first-order valence-corrected chi connectivity index (χ1v) is 9.78. The van der Waals surface area contributed by atoms with Crippen LogP contribution in [0.3, 0.4) is 0 Å². The van der Waals surface area contributed by atoms with Crippen molar-refractivity contribution in [2.45, 2.75) is 11.4 Å². The summed E-state index contributed by atoms with van der Waals surface area (Å²) in [5, 5.41) is 14.1. The highest BCUT2D eigenvalue weighted by atomic mass is 32.2. The van der Waals surface area contributed by atoms with Gasteiger partial charge in [-0.05, 0) is 46.8 Å². The quantitative estimate of drug-likeness (QED) is 0.671. The SMILES string of the molecule is COc1ccc(-n2nnnc2CNC(=O)c2ccccc2S(C)(=O)=O)cc1. The minimum atomic E-state index is -3.53. The average Bonchev–Trinajstić information content (AvgIpc) is 3.14. The Morgan fingerprint density at radius 2 is 1.85 bits per heavy atom. The molecule has 1 aromatic heterocycles. The molecule has 0 saturated carbocycles. The molecule has 0 aliphatic carbocycles. The van der Waals surface area contributed by atoms with Gasteiger partial charge >= 0.3 is 0 Å². The fourth-order valence-electron chi connectivity index (χ4n) is 2.47. The fraction of sp³-hybridized carbons (Fsp3) is 0.176. The minimum Gasteiger partial charge on any atom is -0.497 e. The number of hydrogen-bond acceptors (Lipinski definition) is 7. The molecule has 27 heavy (non-hydrogen) atoms. The van der Waals surface area contributed by atoms with Gasteiger partial charge in [0, 0.05) is 6.26 Å². The first-order chi connectivity index (χ1) is 12.9. The van der Waals surface area contributed by atoms with Crippen molar-refractivity contribution in [3.63, 3.8) is 0 Å². The summed E-state index contributed by atoms with van der Waals surface area (Å²) in [6.45, 7) is 0.0238. The molecule has 3 rings (SSSR count). The standard InChI is InChI=1S/C17H17N5O4S/c1-26-13-9-7-12(8-10-13)22-16(19-20-21-22)11-18-17(23)14-5-3-4-6-15(14)27(2,24)25/h3-10H,11H2,1-2H3,(H,18,23). The summed E-state index contributed by atoms with van der Waals surface area (Å²) >= 11 is 0. The molecule has 0 radical (unpaired) electrons. The summed E-state index contributed by atoms with van der Waals surface area (Å²) in [5.74, 6) is 0.560. The van der Waals surface area contributed by atoms with Gasteiger partial charge in [0.1, 0.15) is 5.75 Å². The van der Waals surface area contributed by atoms with Crippen molar-refractivity contribution in [3.8, 4) is 11.4 Å². The number of sulfone groups is 1. The molecule has 140 valence electrons. The van der Waals surface area contributed by atoms with Crippen LogP contribution in [0.2, 0.25) is 0 Å². The highest BCUT2D eigenvalue weighted by molar-refractivity contribution is 7.90. The van der Waals surface area contributed by atoms with Gasteiger partial charge in [-0.15, -0.1) is 5.10 Å². The highest BCUT2D eigenvalue weighted by Gasteiger charge is 2.19. The molecule has 0 aliphatic rings. The molecule has 10 heteroatoms. The minimum absolute atomic E-state index is 0.0238. The number of methoxy groups -OCH3 is 1. The van der Waals surface area contributed by atoms with Gasteiger partial charge in [0.15, 0.2) is 15.7 Å². The topological polar surface area (TPSA) is 116 Å². The Balaban J connectivity index is 1.79. The van der Waals surface area contributed by atoms with E-state index >= 15 is 0 Å². The number of hydrogen-bond donors (Lipinski definition) is 1. The van der Waals surface area contributed by atoms with E-state index in [0.717, 1.165) is 6.26 Å². The average molecular weight is 387 g/mol. The number of rotatable bonds is 6. The van der Waals surface area contributed by atoms with Crippen molar-refractivity contribution in [2.24, 2.45) is 0 Å². The van der Waals surface area contributed by atoms with Crippen LogP contribution in [0.1, 0.15) is 16.2 Å². The third-order valence-corrected chi connectivity index (χ3v) is 4.94. The fourth-order valence-corrected chi connectivity index (χ4v) is 3.36. The molecule has 1 heterocycles. The molecule has 0 bridgehead atoms. The third-order valence-electron chi connectivity index (χ3n) is 3.79. The molecule has 1 N–H and O–H groups in total. The van der Waals surface area contributed by atoms with Crippen molar-refractivity contribution in [1.29, 1.82) is 0 Å². The number of carbonyl (C=O) groups is 1. The summed E-state index contributed by atoms with van der Waals surface area (Å²) in [6, 6.07) is 13.1. The van der Waals surface area contributed by atoms with Gasteiger partial charge < -0.3 is 10.1 Å². The van der Waals surface area contributed by atoms with Crippen molar-refractivity contribution < 1.29 is 17.9 Å². The Labute approximate surface area is 155 Å². The molecule has 0 spiro atoms. The Bertz CT molecular complexity index is 1060. The van der Waals surface area contributed by atoms with Crippen molar-refractivity contribution in [2.75, 3.05) is 13.4 Å². The number of aromatic nitrogens is 4. The van der Waals surface area contributed by atoms with Gasteiger partial charge in [0.2, 0.25) is 0 Å². The highest BCUT2D eigenvalue weighted by Crippen LogP contribution is 2.16. The van der Waals surface area contributed by atoms with Gasteiger partial charge in [0.25, 0.3) is 5.91 Å². The smallest absolute Gasteiger partial charge is 0.252 e. The second-order valence-electron chi connectivity index (χ2n) is 5.66. The van der Waals surface area contributed by atoms with Gasteiger partial charge in [-0.25, -0.2) is 8.42 Å². The Morgan fingerprint density at radius 1 is 1.15 bits per heavy atom. The second-order valence-corrected chi connectivity index (χ2v) is 7.64. The molecule has 0 unspecified atom stereocenters. The van der Waals surface area contributed by atoms with Gasteiger partial charge in [-0.2, -0.15) is 4.68 Å². The molecule has 0 saturated heterocycles. The van der Waals surface area contributed by atoms with E-state index in [9.17, 15) is 13.2 Å². The molecule has 3 aromatic rings. The first kappa shape index (κ1) is 18.5. The monoisotopic (exact) mass is 387 g/mol. The Hall–Kier alpha value is -3.27. The van der Waals surface area contributed by atoms with Crippen LogP contribution in [0.4, 0.5) is 0 Å². The molecule has 2 aromatic carbocycles. The van der Waals surface area contributed by atoms with Gasteiger partial charge in [-0.1, -0.05) is 12.1 Å². The lowest BCUT2D eigenvalue weighted by Crippen LogP contribution is -2.26. The normalized spacial score (nSPS) is 11.2. The molecule has 0 fully saturated rings. The van der Waals surface area contributed by atoms with E-state index < -0.39 is 15.7 Å². The first-order valence-electron chi connectivity index (χ1n) is 7.89. The largest absolute Gasteiger partial charge is 0.497 e. The van der Waals surface area contributed by atoms with Crippen LogP contribution < -0.4 is 10.1 Å². The van der Waals surface area contributed by atoms with Crippen molar-refractivity contribution in [1.82, 2.24) is 25.5 Å². The predicted octanol–water partition coefficient (Wildman–Crippen LogP) is 1.00. The number of carbonyl (C=O) groups excluding carboxylic acids is 1. The summed E-state index contributed by atoms with van der Waals surface area (Å²) in [5.41, 5.74) is 0.769. The number of ether oxygens (including phenoxy) is 1. The van der Waals surface area contributed by atoms with Crippen LogP contribution in [-0.2, 0) is 16.4 Å². The Morgan fingerprint density at radius 3 is 2.52 bits per heavy atom. The van der Waals surface area contributed by atoms with Crippen LogP contribution >= 0.6 is 0 Å². The maximum atomic E-state index is 12.5. The lowest BCUT2D eigenvalue weighted by atomic mass is 10.2.